The second-order valence-corrected chi connectivity index (χ2v) is 8.38. The molecule has 7 heteroatoms. The molecular formula is C12H13NO4S2. The highest BCUT2D eigenvalue weighted by Crippen LogP contribution is 2.35. The largest absolute Gasteiger partial charge is 0.478 e. The molecule has 0 saturated carbocycles. The van der Waals surface area contributed by atoms with Gasteiger partial charge in [0.1, 0.15) is 9.75 Å². The molecule has 102 valence electrons. The van der Waals surface area contributed by atoms with E-state index in [0.717, 1.165) is 0 Å². The Hall–Kier alpha value is -1.47. The average Bonchev–Trinajstić information content (AvgIpc) is 2.70. The Balaban J connectivity index is 2.63. The van der Waals surface area contributed by atoms with Gasteiger partial charge >= 0.3 is 5.97 Å². The van der Waals surface area contributed by atoms with Crippen LogP contribution in [0.25, 0.3) is 10.2 Å². The van der Waals surface area contributed by atoms with Crippen molar-refractivity contribution in [3.8, 4) is 0 Å². The Kier molecular flexibility index (Phi) is 3.14. The van der Waals surface area contributed by atoms with Gasteiger partial charge in [-0.3, -0.25) is 0 Å². The van der Waals surface area contributed by atoms with E-state index in [1.165, 1.54) is 29.7 Å². The van der Waals surface area contributed by atoms with Crippen LogP contribution in [0.2, 0.25) is 0 Å². The molecule has 1 aromatic heterocycles. The molecule has 0 atom stereocenters. The summed E-state index contributed by atoms with van der Waals surface area (Å²) in [6.45, 7) is 3.19. The van der Waals surface area contributed by atoms with Crippen molar-refractivity contribution in [3.05, 3.63) is 28.8 Å². The number of rotatable bonds is 3. The van der Waals surface area contributed by atoms with Crippen molar-refractivity contribution in [2.75, 3.05) is 6.26 Å². The smallest absolute Gasteiger partial charge is 0.335 e. The van der Waals surface area contributed by atoms with Gasteiger partial charge < -0.3 is 5.11 Å². The third kappa shape index (κ3) is 2.35. The van der Waals surface area contributed by atoms with Gasteiger partial charge in [0, 0.05) is 6.26 Å². The third-order valence-electron chi connectivity index (χ3n) is 3.08. The monoisotopic (exact) mass is 299 g/mol. The Bertz CT molecular complexity index is 759. The number of fused-ring (bicyclic) bond motifs is 1. The average molecular weight is 299 g/mol. The minimum Gasteiger partial charge on any atom is -0.478 e. The van der Waals surface area contributed by atoms with E-state index in [9.17, 15) is 13.2 Å². The van der Waals surface area contributed by atoms with Crippen molar-refractivity contribution in [1.82, 2.24) is 4.98 Å². The minimum atomic E-state index is -3.30. The van der Waals surface area contributed by atoms with Gasteiger partial charge in [0.15, 0.2) is 9.84 Å². The zero-order chi connectivity index (χ0) is 14.4. The highest BCUT2D eigenvalue weighted by molar-refractivity contribution is 7.91. The maximum Gasteiger partial charge on any atom is 0.335 e. The van der Waals surface area contributed by atoms with Crippen LogP contribution >= 0.6 is 11.3 Å². The fourth-order valence-electron chi connectivity index (χ4n) is 1.47. The number of carboxylic acids is 1. The van der Waals surface area contributed by atoms with Crippen LogP contribution in [0.1, 0.15) is 29.2 Å². The summed E-state index contributed by atoms with van der Waals surface area (Å²) < 4.78 is 23.1. The molecule has 0 fully saturated rings. The Morgan fingerprint density at radius 2 is 2.00 bits per heavy atom. The molecule has 0 spiro atoms. The number of aromatic carboxylic acids is 1. The number of sulfone groups is 1. The minimum absolute atomic E-state index is 0.167. The van der Waals surface area contributed by atoms with Crippen LogP contribution in [0.3, 0.4) is 0 Å². The van der Waals surface area contributed by atoms with Crippen LogP contribution in [0.15, 0.2) is 18.2 Å². The SMILES string of the molecule is CC(C)(c1nc2ccc(C(=O)O)cc2s1)S(C)(=O)=O. The zero-order valence-electron chi connectivity index (χ0n) is 10.7. The highest BCUT2D eigenvalue weighted by atomic mass is 32.2. The standard InChI is InChI=1S/C12H13NO4S2/c1-12(2,19(3,16)17)11-13-8-5-4-7(10(14)15)6-9(8)18-11/h4-6H,1-3H3,(H,14,15). The maximum absolute atomic E-state index is 11.8. The number of carbonyl (C=O) groups is 1. The fraction of sp³-hybridized carbons (Fsp3) is 0.333. The van der Waals surface area contributed by atoms with E-state index < -0.39 is 20.6 Å². The summed E-state index contributed by atoms with van der Waals surface area (Å²) in [6, 6.07) is 4.57. The summed E-state index contributed by atoms with van der Waals surface area (Å²) in [5.74, 6) is -1.01. The topological polar surface area (TPSA) is 84.3 Å². The van der Waals surface area contributed by atoms with Crippen molar-refractivity contribution >= 4 is 37.4 Å². The maximum atomic E-state index is 11.8. The van der Waals surface area contributed by atoms with E-state index in [4.69, 9.17) is 5.11 Å². The quantitative estimate of drug-likeness (QED) is 0.939. The number of aromatic nitrogens is 1. The van der Waals surface area contributed by atoms with Gasteiger partial charge in [0.2, 0.25) is 0 Å². The lowest BCUT2D eigenvalue weighted by Crippen LogP contribution is -2.27. The normalized spacial score (nSPS) is 12.8. The van der Waals surface area contributed by atoms with Crippen LogP contribution in [0.5, 0.6) is 0 Å². The number of hydrogen-bond acceptors (Lipinski definition) is 5. The third-order valence-corrected chi connectivity index (χ3v) is 6.60. The van der Waals surface area contributed by atoms with Gasteiger partial charge in [-0.1, -0.05) is 0 Å². The van der Waals surface area contributed by atoms with E-state index >= 15 is 0 Å². The lowest BCUT2D eigenvalue weighted by Gasteiger charge is -2.18. The van der Waals surface area contributed by atoms with Gasteiger partial charge in [0.25, 0.3) is 0 Å². The van der Waals surface area contributed by atoms with Crippen LogP contribution < -0.4 is 0 Å². The Labute approximate surface area is 114 Å². The molecule has 2 aromatic rings. The number of hydrogen-bond donors (Lipinski definition) is 1. The number of benzene rings is 1. The molecule has 0 aliphatic carbocycles. The molecule has 1 N–H and O–H groups in total. The first kappa shape index (κ1) is 14.0. The van der Waals surface area contributed by atoms with E-state index in [1.54, 1.807) is 19.9 Å². The Morgan fingerprint density at radius 3 is 2.53 bits per heavy atom. The first-order chi connectivity index (χ1) is 8.63. The lowest BCUT2D eigenvalue weighted by molar-refractivity contribution is 0.0697. The summed E-state index contributed by atoms with van der Waals surface area (Å²) in [5.41, 5.74) is 0.779. The van der Waals surface area contributed by atoms with E-state index in [1.807, 2.05) is 0 Å². The molecular weight excluding hydrogens is 286 g/mol. The number of carboxylic acid groups (broad SMARTS) is 1. The molecule has 0 unspecified atom stereocenters. The summed E-state index contributed by atoms with van der Waals surface area (Å²) >= 11 is 1.21. The van der Waals surface area contributed by atoms with Crippen LogP contribution in [-0.2, 0) is 14.6 Å². The highest BCUT2D eigenvalue weighted by Gasteiger charge is 2.35. The molecule has 1 aromatic carbocycles. The molecule has 0 aliphatic rings. The van der Waals surface area contributed by atoms with Crippen LogP contribution in [0, 0.1) is 0 Å². The van der Waals surface area contributed by atoms with Crippen molar-refractivity contribution in [2.45, 2.75) is 18.6 Å². The summed E-state index contributed by atoms with van der Waals surface area (Å²) in [7, 11) is -3.30. The van der Waals surface area contributed by atoms with Gasteiger partial charge in [-0.05, 0) is 32.0 Å². The molecule has 0 aliphatic heterocycles. The molecule has 1 heterocycles. The van der Waals surface area contributed by atoms with Crippen molar-refractivity contribution in [1.29, 1.82) is 0 Å². The van der Waals surface area contributed by atoms with Gasteiger partial charge in [0.05, 0.1) is 15.8 Å². The van der Waals surface area contributed by atoms with Crippen molar-refractivity contribution in [3.63, 3.8) is 0 Å². The van der Waals surface area contributed by atoms with E-state index in [0.29, 0.717) is 15.2 Å². The Morgan fingerprint density at radius 1 is 1.37 bits per heavy atom. The summed E-state index contributed by atoms with van der Waals surface area (Å²) in [6.07, 6.45) is 1.17. The molecule has 0 saturated heterocycles. The van der Waals surface area contributed by atoms with Gasteiger partial charge in [-0.25, -0.2) is 18.2 Å². The van der Waals surface area contributed by atoms with E-state index in [-0.39, 0.29) is 5.56 Å². The second kappa shape index (κ2) is 4.28. The van der Waals surface area contributed by atoms with E-state index in [2.05, 4.69) is 4.98 Å². The molecule has 0 radical (unpaired) electrons. The molecule has 5 nitrogen and oxygen atoms in total. The number of thiazole rings is 1. The predicted octanol–water partition coefficient (Wildman–Crippen LogP) is 2.27. The molecule has 2 rings (SSSR count). The van der Waals surface area contributed by atoms with Crippen LogP contribution in [0.4, 0.5) is 0 Å². The summed E-state index contributed by atoms with van der Waals surface area (Å²) in [4.78, 5) is 15.2. The first-order valence-corrected chi connectivity index (χ1v) is 8.17. The second-order valence-electron chi connectivity index (χ2n) is 4.79. The fourth-order valence-corrected chi connectivity index (χ4v) is 3.42. The summed E-state index contributed by atoms with van der Waals surface area (Å²) in [5, 5.41) is 9.39. The van der Waals surface area contributed by atoms with Crippen LogP contribution in [-0.4, -0.2) is 30.7 Å². The van der Waals surface area contributed by atoms with Crippen molar-refractivity contribution < 1.29 is 18.3 Å². The number of nitrogens with zero attached hydrogens (tertiary/aromatic N) is 1. The first-order valence-electron chi connectivity index (χ1n) is 5.47. The van der Waals surface area contributed by atoms with Gasteiger partial charge in [-0.2, -0.15) is 0 Å². The zero-order valence-corrected chi connectivity index (χ0v) is 12.3. The lowest BCUT2D eigenvalue weighted by atomic mass is 10.2. The molecule has 19 heavy (non-hydrogen) atoms. The molecule has 0 amide bonds. The van der Waals surface area contributed by atoms with Gasteiger partial charge in [-0.15, -0.1) is 11.3 Å². The molecule has 0 bridgehead atoms. The predicted molar refractivity (Wildman–Crippen MR) is 74.4 cm³/mol. The van der Waals surface area contributed by atoms with Crippen molar-refractivity contribution in [2.24, 2.45) is 0 Å².